The quantitative estimate of drug-likeness (QED) is 0.735. The van der Waals surface area contributed by atoms with E-state index in [0.29, 0.717) is 19.8 Å². The van der Waals surface area contributed by atoms with E-state index in [4.69, 9.17) is 9.47 Å². The maximum atomic E-state index is 12.1. The van der Waals surface area contributed by atoms with Crippen molar-refractivity contribution in [3.63, 3.8) is 0 Å². The fraction of sp³-hybridized carbons (Fsp3) is 0.222. The van der Waals surface area contributed by atoms with E-state index in [1.807, 2.05) is 25.1 Å². The van der Waals surface area contributed by atoms with Crippen molar-refractivity contribution in [2.45, 2.75) is 13.5 Å². The van der Waals surface area contributed by atoms with Crippen molar-refractivity contribution in [2.24, 2.45) is 0 Å². The molecule has 0 N–H and O–H groups in total. The highest BCUT2D eigenvalue weighted by atomic mass is 32.1. The highest BCUT2D eigenvalue weighted by Gasteiger charge is 2.13. The lowest BCUT2D eigenvalue weighted by atomic mass is 10.2. The number of aryl methyl sites for hydroxylation is 1. The van der Waals surface area contributed by atoms with E-state index in [9.17, 15) is 4.79 Å². The van der Waals surface area contributed by atoms with Gasteiger partial charge in [0.05, 0.1) is 11.4 Å². The summed E-state index contributed by atoms with van der Waals surface area (Å²) in [6.45, 7) is 3.55. The first kappa shape index (κ1) is 15.0. The molecule has 3 aromatic rings. The molecule has 4 rings (SSSR count). The molecule has 6 heteroatoms. The van der Waals surface area contributed by atoms with E-state index in [-0.39, 0.29) is 5.56 Å². The molecule has 5 nitrogen and oxygen atoms in total. The minimum atomic E-state index is -0.123. The van der Waals surface area contributed by atoms with Gasteiger partial charge in [0.15, 0.2) is 11.5 Å². The van der Waals surface area contributed by atoms with Crippen LogP contribution in [0.1, 0.15) is 11.1 Å². The van der Waals surface area contributed by atoms with E-state index in [1.54, 1.807) is 23.5 Å². The lowest BCUT2D eigenvalue weighted by Crippen LogP contribution is -2.23. The second-order valence-electron chi connectivity index (χ2n) is 5.68. The summed E-state index contributed by atoms with van der Waals surface area (Å²) in [5, 5.41) is 6.58. The normalized spacial score (nSPS) is 13.0. The highest BCUT2D eigenvalue weighted by molar-refractivity contribution is 7.13. The topological polar surface area (TPSA) is 53.4 Å². The Morgan fingerprint density at radius 3 is 2.75 bits per heavy atom. The number of rotatable bonds is 3. The van der Waals surface area contributed by atoms with Gasteiger partial charge < -0.3 is 9.47 Å². The number of aromatic nitrogens is 2. The van der Waals surface area contributed by atoms with Crippen LogP contribution in [0.4, 0.5) is 0 Å². The Hall–Kier alpha value is -2.60. The summed E-state index contributed by atoms with van der Waals surface area (Å²) in [5.41, 5.74) is 2.84. The molecular weight excluding hydrogens is 324 g/mol. The molecule has 1 aromatic carbocycles. The molecule has 0 radical (unpaired) electrons. The molecule has 1 aliphatic heterocycles. The highest BCUT2D eigenvalue weighted by Crippen LogP contribution is 2.31. The largest absolute Gasteiger partial charge is 0.486 e. The van der Waals surface area contributed by atoms with E-state index >= 15 is 0 Å². The average molecular weight is 340 g/mol. The van der Waals surface area contributed by atoms with Crippen LogP contribution in [0.2, 0.25) is 0 Å². The third-order valence-electron chi connectivity index (χ3n) is 3.79. The van der Waals surface area contributed by atoms with Crippen molar-refractivity contribution in [1.29, 1.82) is 0 Å². The lowest BCUT2D eigenvalue weighted by molar-refractivity contribution is 0.171. The van der Waals surface area contributed by atoms with Gasteiger partial charge in [-0.15, -0.1) is 11.3 Å². The minimum Gasteiger partial charge on any atom is -0.486 e. The third kappa shape index (κ3) is 2.92. The fourth-order valence-electron chi connectivity index (χ4n) is 2.62. The Balaban J connectivity index is 1.65. The Bertz CT molecular complexity index is 945. The number of hydrogen-bond donors (Lipinski definition) is 0. The number of thiophene rings is 1. The summed E-state index contributed by atoms with van der Waals surface area (Å²) in [7, 11) is 0. The number of ether oxygens (including phenoxy) is 2. The van der Waals surface area contributed by atoms with E-state index in [1.165, 1.54) is 10.2 Å². The van der Waals surface area contributed by atoms with Gasteiger partial charge in [-0.05, 0) is 47.7 Å². The molecule has 0 amide bonds. The maximum absolute atomic E-state index is 12.1. The molecule has 0 saturated carbocycles. The molecular formula is C18H16N2O3S. The molecule has 0 atom stereocenters. The zero-order valence-electron chi connectivity index (χ0n) is 13.2. The summed E-state index contributed by atoms with van der Waals surface area (Å²) < 4.78 is 12.6. The van der Waals surface area contributed by atoms with Crippen LogP contribution in [0, 0.1) is 6.92 Å². The second kappa shape index (κ2) is 6.13. The molecule has 1 aliphatic rings. The standard InChI is InChI=1S/C18H16N2O3S/c1-12-8-17(24-11-12)14-3-5-18(21)20(19-14)10-13-2-4-15-16(9-13)23-7-6-22-15/h2-5,8-9,11H,6-7,10H2,1H3. The minimum absolute atomic E-state index is 0.123. The smallest absolute Gasteiger partial charge is 0.267 e. The van der Waals surface area contributed by atoms with Gasteiger partial charge in [-0.25, -0.2) is 4.68 Å². The monoisotopic (exact) mass is 340 g/mol. The molecule has 3 heterocycles. The van der Waals surface area contributed by atoms with Gasteiger partial charge >= 0.3 is 0 Å². The Morgan fingerprint density at radius 2 is 1.96 bits per heavy atom. The Kier molecular flexibility index (Phi) is 3.82. The van der Waals surface area contributed by atoms with Crippen LogP contribution in [-0.2, 0) is 6.54 Å². The van der Waals surface area contributed by atoms with Gasteiger partial charge in [0.2, 0.25) is 0 Å². The van der Waals surface area contributed by atoms with Crippen molar-refractivity contribution in [2.75, 3.05) is 13.2 Å². The van der Waals surface area contributed by atoms with Crippen LogP contribution in [0.5, 0.6) is 11.5 Å². The predicted molar refractivity (Wildman–Crippen MR) is 93.1 cm³/mol. The van der Waals surface area contributed by atoms with Gasteiger partial charge in [-0.1, -0.05) is 6.07 Å². The Morgan fingerprint density at radius 1 is 1.12 bits per heavy atom. The first-order valence-corrected chi connectivity index (χ1v) is 8.59. The molecule has 0 spiro atoms. The molecule has 0 bridgehead atoms. The number of hydrogen-bond acceptors (Lipinski definition) is 5. The van der Waals surface area contributed by atoms with Crippen LogP contribution in [0.3, 0.4) is 0 Å². The van der Waals surface area contributed by atoms with Gasteiger partial charge in [0.25, 0.3) is 5.56 Å². The van der Waals surface area contributed by atoms with Crippen LogP contribution in [0.15, 0.2) is 46.6 Å². The molecule has 24 heavy (non-hydrogen) atoms. The summed E-state index contributed by atoms with van der Waals surface area (Å²) in [6, 6.07) is 11.1. The van der Waals surface area contributed by atoms with Crippen LogP contribution >= 0.6 is 11.3 Å². The van der Waals surface area contributed by atoms with Gasteiger partial charge in [0, 0.05) is 6.07 Å². The fourth-order valence-corrected chi connectivity index (χ4v) is 3.48. The van der Waals surface area contributed by atoms with Crippen molar-refractivity contribution < 1.29 is 9.47 Å². The van der Waals surface area contributed by atoms with Crippen LogP contribution in [-0.4, -0.2) is 23.0 Å². The van der Waals surface area contributed by atoms with E-state index in [0.717, 1.165) is 27.6 Å². The van der Waals surface area contributed by atoms with Crippen LogP contribution < -0.4 is 15.0 Å². The summed E-state index contributed by atoms with van der Waals surface area (Å²) in [5.74, 6) is 1.46. The summed E-state index contributed by atoms with van der Waals surface area (Å²) in [6.07, 6.45) is 0. The second-order valence-corrected chi connectivity index (χ2v) is 6.59. The molecule has 122 valence electrons. The van der Waals surface area contributed by atoms with E-state index in [2.05, 4.69) is 16.5 Å². The number of nitrogens with zero attached hydrogens (tertiary/aromatic N) is 2. The summed E-state index contributed by atoms with van der Waals surface area (Å²) >= 11 is 1.63. The Labute approximate surface area is 143 Å². The summed E-state index contributed by atoms with van der Waals surface area (Å²) in [4.78, 5) is 13.2. The molecule has 0 aliphatic carbocycles. The molecule has 0 saturated heterocycles. The maximum Gasteiger partial charge on any atom is 0.267 e. The van der Waals surface area contributed by atoms with Crippen molar-refractivity contribution in [3.05, 3.63) is 63.3 Å². The lowest BCUT2D eigenvalue weighted by Gasteiger charge is -2.19. The van der Waals surface area contributed by atoms with E-state index < -0.39 is 0 Å². The SMILES string of the molecule is Cc1csc(-c2ccc(=O)n(Cc3ccc4c(c3)OCCO4)n2)c1. The van der Waals surface area contributed by atoms with Crippen LogP contribution in [0.25, 0.3) is 10.6 Å². The van der Waals surface area contributed by atoms with Crippen molar-refractivity contribution >= 4 is 11.3 Å². The van der Waals surface area contributed by atoms with Gasteiger partial charge in [0.1, 0.15) is 18.9 Å². The first-order chi connectivity index (χ1) is 11.7. The molecule has 0 unspecified atom stereocenters. The number of fused-ring (bicyclic) bond motifs is 1. The zero-order chi connectivity index (χ0) is 16.5. The molecule has 0 fully saturated rings. The zero-order valence-corrected chi connectivity index (χ0v) is 14.0. The van der Waals surface area contributed by atoms with Gasteiger partial charge in [-0.2, -0.15) is 5.10 Å². The van der Waals surface area contributed by atoms with Crippen molar-refractivity contribution in [1.82, 2.24) is 9.78 Å². The average Bonchev–Trinajstić information content (AvgIpc) is 3.03. The molecule has 2 aromatic heterocycles. The number of benzene rings is 1. The predicted octanol–water partition coefficient (Wildman–Crippen LogP) is 3.10. The van der Waals surface area contributed by atoms with Crippen molar-refractivity contribution in [3.8, 4) is 22.1 Å². The first-order valence-electron chi connectivity index (χ1n) is 7.71. The third-order valence-corrected chi connectivity index (χ3v) is 4.86. The van der Waals surface area contributed by atoms with Gasteiger partial charge in [-0.3, -0.25) is 4.79 Å².